The molecule has 3 aliphatic carbocycles. The highest BCUT2D eigenvalue weighted by atomic mass is 14.6. The molecule has 0 heteroatoms. The van der Waals surface area contributed by atoms with Gasteiger partial charge in [0.05, 0.1) is 0 Å². The van der Waals surface area contributed by atoms with Gasteiger partial charge in [0.2, 0.25) is 0 Å². The fourth-order valence-corrected chi connectivity index (χ4v) is 8.83. The lowest BCUT2D eigenvalue weighted by atomic mass is 9.47. The van der Waals surface area contributed by atoms with E-state index in [2.05, 4.69) is 90.1 Å². The van der Waals surface area contributed by atoms with Crippen molar-refractivity contribution in [3.8, 4) is 11.1 Å². The molecule has 0 aliphatic heterocycles. The first-order valence-electron chi connectivity index (χ1n) is 14.0. The zero-order valence-electron chi connectivity index (χ0n) is 22.0. The Morgan fingerprint density at radius 2 is 1.00 bits per heavy atom. The SMILES string of the molecule is CC1CCC(C(C)C)C(C2(C3CC(C)CCC3C(C)C)c3ccccc3-c3ccccc32)C1. The summed E-state index contributed by atoms with van der Waals surface area (Å²) in [6.07, 6.45) is 8.41. The average Bonchev–Trinajstić information content (AvgIpc) is 3.10. The van der Waals surface area contributed by atoms with Crippen LogP contribution in [0.2, 0.25) is 0 Å². The van der Waals surface area contributed by atoms with Crippen LogP contribution >= 0.6 is 0 Å². The Morgan fingerprint density at radius 3 is 1.39 bits per heavy atom. The standard InChI is InChI=1S/C33H46/c1-21(2)25-17-15-23(5)19-31(25)33(32-20-24(6)16-18-26(32)22(3)4)29-13-9-7-11-27(29)28-12-8-10-14-30(28)33/h7-14,21-26,31-32H,15-20H2,1-6H3. The van der Waals surface area contributed by atoms with Crippen LogP contribution in [-0.2, 0) is 5.41 Å². The maximum absolute atomic E-state index is 2.54. The average molecular weight is 443 g/mol. The number of fused-ring (bicyclic) bond motifs is 3. The van der Waals surface area contributed by atoms with Gasteiger partial charge in [0, 0.05) is 5.41 Å². The summed E-state index contributed by atoms with van der Waals surface area (Å²) in [5.74, 6) is 6.26. The van der Waals surface area contributed by atoms with Crippen LogP contribution in [0.25, 0.3) is 11.1 Å². The fraction of sp³-hybridized carbons (Fsp3) is 0.636. The summed E-state index contributed by atoms with van der Waals surface area (Å²) in [5, 5.41) is 0. The molecule has 0 heterocycles. The minimum Gasteiger partial charge on any atom is -0.0625 e. The number of hydrogen-bond acceptors (Lipinski definition) is 0. The van der Waals surface area contributed by atoms with Gasteiger partial charge in [0.1, 0.15) is 0 Å². The van der Waals surface area contributed by atoms with Gasteiger partial charge in [-0.2, -0.15) is 0 Å². The van der Waals surface area contributed by atoms with E-state index in [-0.39, 0.29) is 5.41 Å². The zero-order valence-corrected chi connectivity index (χ0v) is 22.0. The van der Waals surface area contributed by atoms with Crippen LogP contribution in [0.15, 0.2) is 48.5 Å². The van der Waals surface area contributed by atoms with Crippen LogP contribution in [0.3, 0.4) is 0 Å². The van der Waals surface area contributed by atoms with Crippen LogP contribution in [0, 0.1) is 47.3 Å². The van der Waals surface area contributed by atoms with Crippen LogP contribution in [0.5, 0.6) is 0 Å². The van der Waals surface area contributed by atoms with E-state index in [0.717, 1.165) is 47.3 Å². The molecule has 2 fully saturated rings. The van der Waals surface area contributed by atoms with Crippen LogP contribution < -0.4 is 0 Å². The van der Waals surface area contributed by atoms with Crippen molar-refractivity contribution in [2.24, 2.45) is 47.3 Å². The van der Waals surface area contributed by atoms with Gasteiger partial charge in [-0.25, -0.2) is 0 Å². The number of benzene rings is 2. The minimum atomic E-state index is 0.167. The van der Waals surface area contributed by atoms with Crippen LogP contribution in [-0.4, -0.2) is 0 Å². The van der Waals surface area contributed by atoms with Crippen molar-refractivity contribution in [1.29, 1.82) is 0 Å². The first-order valence-corrected chi connectivity index (χ1v) is 14.0. The van der Waals surface area contributed by atoms with Gasteiger partial charge in [-0.3, -0.25) is 0 Å². The van der Waals surface area contributed by atoms with E-state index in [1.807, 2.05) is 0 Å². The lowest BCUT2D eigenvalue weighted by Crippen LogP contribution is -2.52. The van der Waals surface area contributed by atoms with E-state index in [9.17, 15) is 0 Å². The smallest absolute Gasteiger partial charge is 0.0277 e. The third-order valence-corrected chi connectivity index (χ3v) is 10.2. The highest BCUT2D eigenvalue weighted by Crippen LogP contribution is 2.65. The molecule has 0 nitrogen and oxygen atoms in total. The van der Waals surface area contributed by atoms with Gasteiger partial charge >= 0.3 is 0 Å². The normalized spacial score (nSPS) is 33.2. The Kier molecular flexibility index (Phi) is 6.26. The van der Waals surface area contributed by atoms with Gasteiger partial charge in [-0.05, 0) is 95.3 Å². The molecule has 0 N–H and O–H groups in total. The lowest BCUT2D eigenvalue weighted by molar-refractivity contribution is 0.00209. The second kappa shape index (κ2) is 8.90. The Bertz CT molecular complexity index is 886. The highest BCUT2D eigenvalue weighted by molar-refractivity contribution is 5.81. The molecular weight excluding hydrogens is 396 g/mol. The van der Waals surface area contributed by atoms with E-state index >= 15 is 0 Å². The molecule has 6 unspecified atom stereocenters. The monoisotopic (exact) mass is 442 g/mol. The largest absolute Gasteiger partial charge is 0.0625 e. The maximum atomic E-state index is 2.54. The third-order valence-electron chi connectivity index (χ3n) is 10.2. The molecule has 0 bridgehead atoms. The minimum absolute atomic E-state index is 0.167. The summed E-state index contributed by atoms with van der Waals surface area (Å²) < 4.78 is 0. The fourth-order valence-electron chi connectivity index (χ4n) is 8.83. The van der Waals surface area contributed by atoms with Crippen LogP contribution in [0.4, 0.5) is 0 Å². The van der Waals surface area contributed by atoms with E-state index in [4.69, 9.17) is 0 Å². The van der Waals surface area contributed by atoms with Gasteiger partial charge in [-0.15, -0.1) is 0 Å². The molecule has 6 atom stereocenters. The van der Waals surface area contributed by atoms with E-state index < -0.39 is 0 Å². The summed E-state index contributed by atoms with van der Waals surface area (Å²) in [5.41, 5.74) is 6.60. The molecule has 33 heavy (non-hydrogen) atoms. The molecule has 0 radical (unpaired) electrons. The second-order valence-corrected chi connectivity index (χ2v) is 12.8. The van der Waals surface area contributed by atoms with Crippen molar-refractivity contribution in [1.82, 2.24) is 0 Å². The molecular formula is C33H46. The summed E-state index contributed by atoms with van der Waals surface area (Å²) >= 11 is 0. The zero-order chi connectivity index (χ0) is 23.3. The Morgan fingerprint density at radius 1 is 0.606 bits per heavy atom. The van der Waals surface area contributed by atoms with Crippen molar-refractivity contribution in [2.45, 2.75) is 85.5 Å². The quantitative estimate of drug-likeness (QED) is 0.442. The van der Waals surface area contributed by atoms with Gasteiger partial charge in [0.25, 0.3) is 0 Å². The molecule has 0 saturated heterocycles. The van der Waals surface area contributed by atoms with E-state index in [0.29, 0.717) is 0 Å². The van der Waals surface area contributed by atoms with Crippen molar-refractivity contribution in [3.05, 3.63) is 59.7 Å². The summed E-state index contributed by atoms with van der Waals surface area (Å²) in [7, 11) is 0. The van der Waals surface area contributed by atoms with Crippen molar-refractivity contribution in [2.75, 3.05) is 0 Å². The summed E-state index contributed by atoms with van der Waals surface area (Å²) in [6.45, 7) is 15.1. The lowest BCUT2D eigenvalue weighted by Gasteiger charge is -2.56. The topological polar surface area (TPSA) is 0 Å². The predicted molar refractivity (Wildman–Crippen MR) is 142 cm³/mol. The van der Waals surface area contributed by atoms with Crippen molar-refractivity contribution in [3.63, 3.8) is 0 Å². The van der Waals surface area contributed by atoms with Gasteiger partial charge < -0.3 is 0 Å². The Balaban J connectivity index is 1.82. The molecule has 5 rings (SSSR count). The van der Waals surface area contributed by atoms with E-state index in [1.54, 1.807) is 11.1 Å². The Hall–Kier alpha value is -1.56. The van der Waals surface area contributed by atoms with Crippen LogP contribution in [0.1, 0.15) is 91.2 Å². The molecule has 3 aliphatic rings. The van der Waals surface area contributed by atoms with E-state index in [1.165, 1.54) is 49.7 Å². The van der Waals surface area contributed by atoms with Crippen molar-refractivity contribution >= 4 is 0 Å². The molecule has 178 valence electrons. The molecule has 2 saturated carbocycles. The highest BCUT2D eigenvalue weighted by Gasteiger charge is 2.58. The molecule has 0 aromatic heterocycles. The summed E-state index contributed by atoms with van der Waals surface area (Å²) in [6, 6.07) is 19.2. The summed E-state index contributed by atoms with van der Waals surface area (Å²) in [4.78, 5) is 0. The Labute approximate surface area is 203 Å². The molecule has 0 amide bonds. The molecule has 2 aromatic carbocycles. The first-order chi connectivity index (χ1) is 15.9. The molecule has 0 spiro atoms. The number of hydrogen-bond donors (Lipinski definition) is 0. The predicted octanol–water partition coefficient (Wildman–Crippen LogP) is 9.37. The van der Waals surface area contributed by atoms with Gasteiger partial charge in [0.15, 0.2) is 0 Å². The second-order valence-electron chi connectivity index (χ2n) is 12.8. The van der Waals surface area contributed by atoms with Gasteiger partial charge in [-0.1, -0.05) is 103 Å². The maximum Gasteiger partial charge on any atom is 0.0277 e. The molecule has 2 aromatic rings. The third kappa shape index (κ3) is 3.62. The first kappa shape index (κ1) is 23.2. The van der Waals surface area contributed by atoms with Crippen molar-refractivity contribution < 1.29 is 0 Å². The number of rotatable bonds is 4.